The van der Waals surface area contributed by atoms with Gasteiger partial charge in [-0.3, -0.25) is 4.99 Å². The van der Waals surface area contributed by atoms with E-state index in [1.54, 1.807) is 0 Å². The minimum Gasteiger partial charge on any atom is -0.357 e. The Kier molecular flexibility index (Phi) is 7.59. The van der Waals surface area contributed by atoms with Gasteiger partial charge in [0.15, 0.2) is 15.8 Å². The van der Waals surface area contributed by atoms with Crippen LogP contribution in [0.2, 0.25) is 0 Å². The first-order chi connectivity index (χ1) is 10.3. The summed E-state index contributed by atoms with van der Waals surface area (Å²) >= 11 is 0. The van der Waals surface area contributed by atoms with Crippen molar-refractivity contribution in [2.45, 2.75) is 44.4 Å². The Hall–Kier alpha value is -0.0900. The molecule has 0 aromatic carbocycles. The molecule has 2 aliphatic rings. The Morgan fingerprint density at radius 1 is 1.35 bits per heavy atom. The van der Waals surface area contributed by atoms with Crippen LogP contribution >= 0.6 is 24.0 Å². The van der Waals surface area contributed by atoms with Crippen LogP contribution in [0.1, 0.15) is 33.6 Å². The summed E-state index contributed by atoms with van der Waals surface area (Å²) in [7, 11) is -0.865. The molecular weight excluding hydrogens is 427 g/mol. The van der Waals surface area contributed by atoms with Crippen LogP contribution in [0.3, 0.4) is 0 Å². The third-order valence-corrected chi connectivity index (χ3v) is 7.33. The second-order valence-corrected chi connectivity index (χ2v) is 9.71. The van der Waals surface area contributed by atoms with E-state index in [1.807, 2.05) is 20.8 Å². The van der Waals surface area contributed by atoms with Crippen LogP contribution in [0.4, 0.5) is 0 Å². The number of halogens is 1. The third kappa shape index (κ3) is 4.94. The first-order valence-corrected chi connectivity index (χ1v) is 9.88. The lowest BCUT2D eigenvalue weighted by molar-refractivity contribution is 0.313. The summed E-state index contributed by atoms with van der Waals surface area (Å²) in [5.41, 5.74) is 0. The molecule has 2 rings (SSSR count). The first kappa shape index (κ1) is 21.0. The Morgan fingerprint density at radius 2 is 2.04 bits per heavy atom. The molecule has 2 saturated heterocycles. The summed E-state index contributed by atoms with van der Waals surface area (Å²) in [6.07, 6.45) is 2.43. The van der Waals surface area contributed by atoms with Crippen LogP contribution in [0.5, 0.6) is 0 Å². The van der Waals surface area contributed by atoms with Gasteiger partial charge >= 0.3 is 0 Å². The summed E-state index contributed by atoms with van der Waals surface area (Å²) in [5, 5.41) is 3.32. The number of likely N-dealkylation sites (tertiary alicyclic amines) is 1. The van der Waals surface area contributed by atoms with Gasteiger partial charge in [-0.15, -0.1) is 24.0 Å². The Balaban J connectivity index is 0.00000264. The average molecular weight is 458 g/mol. The van der Waals surface area contributed by atoms with Crippen LogP contribution < -0.4 is 5.32 Å². The number of guanidine groups is 1. The average Bonchev–Trinajstić information content (AvgIpc) is 2.83. The highest BCUT2D eigenvalue weighted by atomic mass is 127. The second kappa shape index (κ2) is 8.33. The Morgan fingerprint density at radius 3 is 2.57 bits per heavy atom. The molecule has 8 heteroatoms. The maximum atomic E-state index is 12.1. The third-order valence-electron chi connectivity index (χ3n) is 4.80. The summed E-state index contributed by atoms with van der Waals surface area (Å²) in [5.74, 6) is 1.05. The number of hydrogen-bond donors (Lipinski definition) is 1. The molecule has 2 heterocycles. The molecule has 0 amide bonds. The predicted molar refractivity (Wildman–Crippen MR) is 106 cm³/mol. The van der Waals surface area contributed by atoms with Crippen LogP contribution in [0, 0.1) is 0 Å². The molecule has 136 valence electrons. The van der Waals surface area contributed by atoms with E-state index in [0.717, 1.165) is 25.6 Å². The van der Waals surface area contributed by atoms with E-state index in [4.69, 9.17) is 4.99 Å². The van der Waals surface area contributed by atoms with Gasteiger partial charge in [0.05, 0.1) is 17.0 Å². The van der Waals surface area contributed by atoms with Crippen molar-refractivity contribution in [1.82, 2.24) is 15.1 Å². The van der Waals surface area contributed by atoms with Gasteiger partial charge in [0.25, 0.3) is 0 Å². The van der Waals surface area contributed by atoms with Crippen molar-refractivity contribution in [3.05, 3.63) is 0 Å². The fourth-order valence-electron chi connectivity index (χ4n) is 3.15. The highest BCUT2D eigenvalue weighted by Gasteiger charge is 2.41. The zero-order valence-electron chi connectivity index (χ0n) is 14.7. The summed E-state index contributed by atoms with van der Waals surface area (Å²) in [6.45, 7) is 9.41. The van der Waals surface area contributed by atoms with Crippen molar-refractivity contribution in [2.24, 2.45) is 4.99 Å². The highest BCUT2D eigenvalue weighted by Crippen LogP contribution is 2.24. The number of nitrogens with zero attached hydrogens (tertiary/aromatic N) is 3. The molecule has 1 atom stereocenters. The minimum absolute atomic E-state index is 0. The molecule has 23 heavy (non-hydrogen) atoms. The van der Waals surface area contributed by atoms with Gasteiger partial charge in [0, 0.05) is 25.7 Å². The lowest BCUT2D eigenvalue weighted by Crippen LogP contribution is -2.57. The van der Waals surface area contributed by atoms with E-state index in [1.165, 1.54) is 12.8 Å². The number of rotatable bonds is 3. The monoisotopic (exact) mass is 458 g/mol. The summed E-state index contributed by atoms with van der Waals surface area (Å²) in [6, 6.07) is 0.509. The van der Waals surface area contributed by atoms with E-state index in [0.29, 0.717) is 19.1 Å². The van der Waals surface area contributed by atoms with Gasteiger partial charge in [-0.2, -0.15) is 0 Å². The molecular formula is C15H31IN4O2S. The Bertz CT molecular complexity index is 522. The van der Waals surface area contributed by atoms with E-state index < -0.39 is 14.6 Å². The maximum Gasteiger partial charge on any atom is 0.194 e. The van der Waals surface area contributed by atoms with Crippen molar-refractivity contribution in [1.29, 1.82) is 0 Å². The molecule has 2 fully saturated rings. The molecule has 1 N–H and O–H groups in total. The van der Waals surface area contributed by atoms with E-state index in [-0.39, 0.29) is 29.7 Å². The molecule has 2 aliphatic heterocycles. The fraction of sp³-hybridized carbons (Fsp3) is 0.933. The van der Waals surface area contributed by atoms with Crippen molar-refractivity contribution in [2.75, 3.05) is 45.5 Å². The van der Waals surface area contributed by atoms with E-state index in [2.05, 4.69) is 22.2 Å². The topological polar surface area (TPSA) is 65.0 Å². The van der Waals surface area contributed by atoms with Crippen molar-refractivity contribution >= 4 is 39.8 Å². The van der Waals surface area contributed by atoms with Gasteiger partial charge in [0.2, 0.25) is 0 Å². The number of nitrogens with one attached hydrogen (secondary N) is 1. The van der Waals surface area contributed by atoms with Crippen molar-refractivity contribution in [3.8, 4) is 0 Å². The first-order valence-electron chi connectivity index (χ1n) is 8.22. The second-order valence-electron chi connectivity index (χ2n) is 6.97. The molecule has 0 bridgehead atoms. The fourth-order valence-corrected chi connectivity index (χ4v) is 4.52. The molecule has 6 nitrogen and oxygen atoms in total. The smallest absolute Gasteiger partial charge is 0.194 e. The Labute approximate surface area is 158 Å². The highest BCUT2D eigenvalue weighted by molar-refractivity contribution is 14.0. The normalized spacial score (nSPS) is 27.6. The van der Waals surface area contributed by atoms with Crippen LogP contribution in [-0.2, 0) is 9.84 Å². The lowest BCUT2D eigenvalue weighted by Gasteiger charge is -2.39. The largest absolute Gasteiger partial charge is 0.357 e. The van der Waals surface area contributed by atoms with Crippen LogP contribution in [0.25, 0.3) is 0 Å². The van der Waals surface area contributed by atoms with Gasteiger partial charge in [-0.1, -0.05) is 0 Å². The summed E-state index contributed by atoms with van der Waals surface area (Å²) < 4.78 is 23.6. The molecule has 0 spiro atoms. The van der Waals surface area contributed by atoms with Gasteiger partial charge in [-0.25, -0.2) is 8.42 Å². The predicted octanol–water partition coefficient (Wildman–Crippen LogP) is 1.17. The zero-order chi connectivity index (χ0) is 16.4. The molecule has 0 saturated carbocycles. The van der Waals surface area contributed by atoms with E-state index >= 15 is 0 Å². The van der Waals surface area contributed by atoms with E-state index in [9.17, 15) is 8.42 Å². The molecule has 0 aromatic rings. The van der Waals surface area contributed by atoms with Crippen LogP contribution in [-0.4, -0.2) is 80.5 Å². The number of aliphatic imine (C=N–C) groups is 1. The quantitative estimate of drug-likeness (QED) is 0.391. The summed E-state index contributed by atoms with van der Waals surface area (Å²) in [4.78, 5) is 9.23. The zero-order valence-corrected chi connectivity index (χ0v) is 17.9. The maximum absolute atomic E-state index is 12.1. The minimum atomic E-state index is -3.01. The van der Waals surface area contributed by atoms with Gasteiger partial charge < -0.3 is 15.1 Å². The lowest BCUT2D eigenvalue weighted by atomic mass is 10.2. The van der Waals surface area contributed by atoms with Gasteiger partial charge in [-0.05, 0) is 47.2 Å². The van der Waals surface area contributed by atoms with Gasteiger partial charge in [0.1, 0.15) is 0 Å². The van der Waals surface area contributed by atoms with Crippen molar-refractivity contribution < 1.29 is 8.42 Å². The molecule has 0 radical (unpaired) electrons. The number of likely N-dealkylation sites (N-methyl/N-ethyl adjacent to an activating group) is 1. The van der Waals surface area contributed by atoms with Crippen LogP contribution in [0.15, 0.2) is 4.99 Å². The SMILES string of the molecule is CCNC(=NCC1CCCN1C)N1CCS(=O)(=O)C(C)(C)C1.I. The molecule has 1 unspecified atom stereocenters. The number of sulfone groups is 1. The molecule has 0 aliphatic carbocycles. The molecule has 0 aromatic heterocycles. The standard InChI is InChI=1S/C15H30N4O2S.HI/c1-5-16-14(17-11-13-7-6-8-18(13)4)19-9-10-22(20,21)15(2,3)12-19;/h13H,5-12H2,1-4H3,(H,16,17);1H. The number of hydrogen-bond acceptors (Lipinski definition) is 4. The van der Waals surface area contributed by atoms with Crippen molar-refractivity contribution in [3.63, 3.8) is 0 Å².